The van der Waals surface area contributed by atoms with Crippen molar-refractivity contribution in [2.45, 2.75) is 26.4 Å². The molecule has 0 saturated carbocycles. The maximum Gasteiger partial charge on any atom is 0.137 e. The highest BCUT2D eigenvalue weighted by Gasteiger charge is 2.14. The van der Waals surface area contributed by atoms with Gasteiger partial charge in [0.05, 0.1) is 10.7 Å². The maximum atomic E-state index is 5.98. The Hall–Kier alpha value is -1.10. The molecule has 0 aliphatic carbocycles. The molecule has 2 aromatic heterocycles. The molecule has 0 aromatic carbocycles. The highest BCUT2D eigenvalue weighted by atomic mass is 35.5. The third-order valence-electron chi connectivity index (χ3n) is 3.38. The zero-order chi connectivity index (χ0) is 14.7. The van der Waals surface area contributed by atoms with Crippen molar-refractivity contribution in [1.82, 2.24) is 19.6 Å². The smallest absolute Gasteiger partial charge is 0.137 e. The molecule has 2 aromatic rings. The van der Waals surface area contributed by atoms with E-state index in [2.05, 4.69) is 43.1 Å². The Morgan fingerprint density at radius 1 is 1.30 bits per heavy atom. The van der Waals surface area contributed by atoms with Crippen molar-refractivity contribution in [3.05, 3.63) is 35.2 Å². The minimum Gasteiger partial charge on any atom is -0.308 e. The summed E-state index contributed by atoms with van der Waals surface area (Å²) in [7, 11) is 4.20. The van der Waals surface area contributed by atoms with Gasteiger partial charge in [-0.1, -0.05) is 25.4 Å². The number of hydrogen-bond donors (Lipinski definition) is 1. The predicted octanol–water partition coefficient (Wildman–Crippen LogP) is 2.66. The molecular formula is C15H23ClN4. The number of hydrogen-bond acceptors (Lipinski definition) is 3. The molecule has 0 amide bonds. The first-order chi connectivity index (χ1) is 9.45. The van der Waals surface area contributed by atoms with Crippen LogP contribution in [0.15, 0.2) is 24.5 Å². The maximum absolute atomic E-state index is 5.98. The van der Waals surface area contributed by atoms with Crippen LogP contribution in [0.1, 0.15) is 19.5 Å². The summed E-state index contributed by atoms with van der Waals surface area (Å²) >= 11 is 5.98. The molecule has 0 bridgehead atoms. The van der Waals surface area contributed by atoms with Gasteiger partial charge in [-0.2, -0.15) is 0 Å². The Morgan fingerprint density at radius 3 is 2.70 bits per heavy atom. The summed E-state index contributed by atoms with van der Waals surface area (Å²) in [5.74, 6) is 0.587. The van der Waals surface area contributed by atoms with Gasteiger partial charge in [-0.15, -0.1) is 0 Å². The van der Waals surface area contributed by atoms with Crippen LogP contribution < -0.4 is 5.32 Å². The van der Waals surface area contributed by atoms with Crippen LogP contribution in [0.5, 0.6) is 0 Å². The SMILES string of the molecule is CC(C)C(CN(C)C)NCc1cn2cc(Cl)ccc2n1. The Balaban J connectivity index is 2.03. The first kappa shape index (κ1) is 15.3. The van der Waals surface area contributed by atoms with Crippen LogP contribution in [0.2, 0.25) is 5.02 Å². The van der Waals surface area contributed by atoms with E-state index in [0.29, 0.717) is 12.0 Å². The van der Waals surface area contributed by atoms with E-state index < -0.39 is 0 Å². The number of imidazole rings is 1. The molecule has 0 spiro atoms. The number of aromatic nitrogens is 2. The quantitative estimate of drug-likeness (QED) is 0.889. The van der Waals surface area contributed by atoms with Gasteiger partial charge in [0.25, 0.3) is 0 Å². The van der Waals surface area contributed by atoms with Gasteiger partial charge in [0.2, 0.25) is 0 Å². The van der Waals surface area contributed by atoms with E-state index in [0.717, 1.165) is 29.5 Å². The van der Waals surface area contributed by atoms with Gasteiger partial charge < -0.3 is 14.6 Å². The molecule has 1 atom stereocenters. The Kier molecular flexibility index (Phi) is 5.02. The molecule has 0 aliphatic rings. The Bertz CT molecular complexity index is 562. The van der Waals surface area contributed by atoms with Crippen LogP contribution in [0, 0.1) is 5.92 Å². The summed E-state index contributed by atoms with van der Waals surface area (Å²) in [6.45, 7) is 6.28. The summed E-state index contributed by atoms with van der Waals surface area (Å²) < 4.78 is 1.97. The highest BCUT2D eigenvalue weighted by molar-refractivity contribution is 6.30. The molecule has 0 fully saturated rings. The molecule has 0 aliphatic heterocycles. The molecule has 110 valence electrons. The minimum atomic E-state index is 0.457. The van der Waals surface area contributed by atoms with Crippen LogP contribution in [0.25, 0.3) is 5.65 Å². The molecule has 0 radical (unpaired) electrons. The predicted molar refractivity (Wildman–Crippen MR) is 84.2 cm³/mol. The summed E-state index contributed by atoms with van der Waals surface area (Å²) in [6.07, 6.45) is 3.91. The van der Waals surface area contributed by atoms with Crippen molar-refractivity contribution in [1.29, 1.82) is 0 Å². The lowest BCUT2D eigenvalue weighted by molar-refractivity contribution is 0.287. The van der Waals surface area contributed by atoms with Crippen LogP contribution in [0.3, 0.4) is 0 Å². The highest BCUT2D eigenvalue weighted by Crippen LogP contribution is 2.12. The molecule has 0 saturated heterocycles. The lowest BCUT2D eigenvalue weighted by Crippen LogP contribution is -2.41. The minimum absolute atomic E-state index is 0.457. The van der Waals surface area contributed by atoms with Gasteiger partial charge in [0.1, 0.15) is 5.65 Å². The fraction of sp³-hybridized carbons (Fsp3) is 0.533. The van der Waals surface area contributed by atoms with Crippen molar-refractivity contribution in [2.75, 3.05) is 20.6 Å². The Morgan fingerprint density at radius 2 is 2.05 bits per heavy atom. The van der Waals surface area contributed by atoms with E-state index in [4.69, 9.17) is 11.6 Å². The molecular weight excluding hydrogens is 272 g/mol. The van der Waals surface area contributed by atoms with Crippen LogP contribution in [-0.2, 0) is 6.54 Å². The zero-order valence-electron chi connectivity index (χ0n) is 12.6. The van der Waals surface area contributed by atoms with Crippen LogP contribution in [0.4, 0.5) is 0 Å². The van der Waals surface area contributed by atoms with E-state index in [1.807, 2.05) is 28.9 Å². The molecule has 5 heteroatoms. The number of halogens is 1. The summed E-state index contributed by atoms with van der Waals surface area (Å²) in [6, 6.07) is 4.26. The van der Waals surface area contributed by atoms with Crippen molar-refractivity contribution in [3.8, 4) is 0 Å². The van der Waals surface area contributed by atoms with Gasteiger partial charge in [-0.3, -0.25) is 0 Å². The number of likely N-dealkylation sites (N-methyl/N-ethyl adjacent to an activating group) is 1. The van der Waals surface area contributed by atoms with Crippen molar-refractivity contribution in [2.24, 2.45) is 5.92 Å². The average Bonchev–Trinajstić information content (AvgIpc) is 2.75. The van der Waals surface area contributed by atoms with Crippen molar-refractivity contribution >= 4 is 17.2 Å². The number of fused-ring (bicyclic) bond motifs is 1. The topological polar surface area (TPSA) is 32.6 Å². The van der Waals surface area contributed by atoms with Gasteiger partial charge >= 0.3 is 0 Å². The van der Waals surface area contributed by atoms with Gasteiger partial charge in [-0.05, 0) is 32.1 Å². The van der Waals surface area contributed by atoms with E-state index in [-0.39, 0.29) is 0 Å². The summed E-state index contributed by atoms with van der Waals surface area (Å²) in [5.41, 5.74) is 1.97. The number of pyridine rings is 1. The van der Waals surface area contributed by atoms with E-state index in [9.17, 15) is 0 Å². The van der Waals surface area contributed by atoms with Crippen LogP contribution in [-0.4, -0.2) is 41.0 Å². The standard InChI is InChI=1S/C15H23ClN4/c1-11(2)14(10-19(3)4)17-7-13-9-20-8-12(16)5-6-15(20)18-13/h5-6,8-9,11,14,17H,7,10H2,1-4H3. The molecule has 20 heavy (non-hydrogen) atoms. The van der Waals surface area contributed by atoms with Gasteiger partial charge in [0.15, 0.2) is 0 Å². The number of nitrogens with zero attached hydrogens (tertiary/aromatic N) is 3. The Labute approximate surface area is 125 Å². The molecule has 1 unspecified atom stereocenters. The van der Waals surface area contributed by atoms with E-state index in [1.165, 1.54) is 0 Å². The second-order valence-electron chi connectivity index (χ2n) is 5.84. The molecule has 2 rings (SSSR count). The number of nitrogens with one attached hydrogen (secondary N) is 1. The average molecular weight is 295 g/mol. The lowest BCUT2D eigenvalue weighted by atomic mass is 10.0. The summed E-state index contributed by atoms with van der Waals surface area (Å²) in [5, 5.41) is 4.32. The van der Waals surface area contributed by atoms with E-state index >= 15 is 0 Å². The fourth-order valence-electron chi connectivity index (χ4n) is 2.24. The van der Waals surface area contributed by atoms with Crippen molar-refractivity contribution in [3.63, 3.8) is 0 Å². The van der Waals surface area contributed by atoms with Gasteiger partial charge in [-0.25, -0.2) is 4.98 Å². The van der Waals surface area contributed by atoms with Gasteiger partial charge in [0, 0.05) is 31.5 Å². The van der Waals surface area contributed by atoms with E-state index in [1.54, 1.807) is 0 Å². The largest absolute Gasteiger partial charge is 0.308 e. The normalized spacial score (nSPS) is 13.6. The molecule has 1 N–H and O–H groups in total. The summed E-state index contributed by atoms with van der Waals surface area (Å²) in [4.78, 5) is 6.80. The molecule has 4 nitrogen and oxygen atoms in total. The third-order valence-corrected chi connectivity index (χ3v) is 3.60. The lowest BCUT2D eigenvalue weighted by Gasteiger charge is -2.25. The van der Waals surface area contributed by atoms with Crippen molar-refractivity contribution < 1.29 is 0 Å². The second-order valence-corrected chi connectivity index (χ2v) is 6.28. The third kappa shape index (κ3) is 3.95. The van der Waals surface area contributed by atoms with Crippen LogP contribution >= 0.6 is 11.6 Å². The molecule has 2 heterocycles. The fourth-order valence-corrected chi connectivity index (χ4v) is 2.41. The first-order valence-corrected chi connectivity index (χ1v) is 7.34. The second kappa shape index (κ2) is 6.57. The monoisotopic (exact) mass is 294 g/mol. The first-order valence-electron chi connectivity index (χ1n) is 6.97. The number of rotatable bonds is 6. The zero-order valence-corrected chi connectivity index (χ0v) is 13.4.